The molecule has 244 valence electrons. The van der Waals surface area contributed by atoms with Gasteiger partial charge in [0.05, 0.1) is 32.7 Å². The van der Waals surface area contributed by atoms with Gasteiger partial charge in [0.25, 0.3) is 0 Å². The number of carboxylic acids is 1. The van der Waals surface area contributed by atoms with Gasteiger partial charge in [-0.3, -0.25) is 9.59 Å². The summed E-state index contributed by atoms with van der Waals surface area (Å²) in [5.41, 5.74) is 1.98. The summed E-state index contributed by atoms with van der Waals surface area (Å²) in [7, 11) is 0. The van der Waals surface area contributed by atoms with Crippen molar-refractivity contribution in [3.8, 4) is 17.5 Å². The van der Waals surface area contributed by atoms with Gasteiger partial charge < -0.3 is 20.5 Å². The number of tetrazole rings is 1. The molecule has 0 spiro atoms. The van der Waals surface area contributed by atoms with E-state index < -0.39 is 17.5 Å². The highest BCUT2D eigenvalue weighted by molar-refractivity contribution is 7.99. The maximum absolute atomic E-state index is 12.8. The number of nitrogens with one attached hydrogen (secondary N) is 2. The average molecular weight is 696 g/mol. The topological polar surface area (TPSA) is 148 Å². The monoisotopic (exact) mass is 694 g/mol. The first-order chi connectivity index (χ1) is 22.1. The maximum atomic E-state index is 12.8. The Hall–Kier alpha value is -4.41. The Morgan fingerprint density at radius 2 is 1.72 bits per heavy atom. The highest BCUT2D eigenvalue weighted by atomic mass is 35.5. The second-order valence-corrected chi connectivity index (χ2v) is 13.6. The van der Waals surface area contributed by atoms with E-state index in [0.29, 0.717) is 32.8 Å². The van der Waals surface area contributed by atoms with Crippen molar-refractivity contribution in [2.75, 3.05) is 23.0 Å². The second kappa shape index (κ2) is 15.0. The summed E-state index contributed by atoms with van der Waals surface area (Å²) in [5, 5.41) is 27.5. The summed E-state index contributed by atoms with van der Waals surface area (Å²) in [6.07, 6.45) is 0. The van der Waals surface area contributed by atoms with Gasteiger partial charge in [-0.1, -0.05) is 79.7 Å². The molecule has 11 nitrogen and oxygen atoms in total. The van der Waals surface area contributed by atoms with Crippen LogP contribution in [-0.4, -0.2) is 61.1 Å². The summed E-state index contributed by atoms with van der Waals surface area (Å²) in [5.74, 6) is 4.08. The van der Waals surface area contributed by atoms with Crippen LogP contribution in [0.25, 0.3) is 5.69 Å². The molecule has 3 N–H and O–H groups in total. The zero-order valence-corrected chi connectivity index (χ0v) is 28.5. The van der Waals surface area contributed by atoms with Crippen molar-refractivity contribution in [1.29, 1.82) is 0 Å². The fourth-order valence-electron chi connectivity index (χ4n) is 4.01. The number of aromatic nitrogens is 4. The number of carboxylic acid groups (broad SMARTS) is 1. The molecule has 0 radical (unpaired) electrons. The third-order valence-corrected chi connectivity index (χ3v) is 8.06. The van der Waals surface area contributed by atoms with Gasteiger partial charge >= 0.3 is 5.97 Å². The van der Waals surface area contributed by atoms with Gasteiger partial charge in [-0.05, 0) is 83.8 Å². The number of carbonyl (C=O) groups is 3. The van der Waals surface area contributed by atoms with E-state index in [9.17, 15) is 14.4 Å². The van der Waals surface area contributed by atoms with E-state index in [4.69, 9.17) is 33.0 Å². The van der Waals surface area contributed by atoms with E-state index in [0.717, 1.165) is 17.3 Å². The van der Waals surface area contributed by atoms with Crippen molar-refractivity contribution in [2.24, 2.45) is 0 Å². The zero-order valence-electron chi connectivity index (χ0n) is 26.2. The van der Waals surface area contributed by atoms with Crippen LogP contribution in [0.1, 0.15) is 56.1 Å². The second-order valence-electron chi connectivity index (χ2n) is 11.8. The van der Waals surface area contributed by atoms with Crippen LogP contribution in [0.3, 0.4) is 0 Å². The number of aromatic carboxylic acids is 1. The van der Waals surface area contributed by atoms with Gasteiger partial charge in [0.1, 0.15) is 12.2 Å². The molecular weight excluding hydrogens is 663 g/mol. The highest BCUT2D eigenvalue weighted by Gasteiger charge is 2.20. The van der Waals surface area contributed by atoms with E-state index in [1.54, 1.807) is 38.1 Å². The Balaban J connectivity index is 1.31. The zero-order chi connectivity index (χ0) is 34.4. The molecule has 0 fully saturated rings. The summed E-state index contributed by atoms with van der Waals surface area (Å²) in [6.45, 7) is 9.40. The number of anilines is 2. The molecule has 0 aliphatic carbocycles. The van der Waals surface area contributed by atoms with Crippen LogP contribution in [-0.2, 0) is 19.7 Å². The van der Waals surface area contributed by atoms with Crippen molar-refractivity contribution in [2.45, 2.75) is 50.8 Å². The lowest BCUT2D eigenvalue weighted by Crippen LogP contribution is -2.28. The molecule has 0 bridgehead atoms. The molecule has 0 unspecified atom stereocenters. The number of nitrogens with zero attached hydrogens (tertiary/aromatic N) is 4. The van der Waals surface area contributed by atoms with Gasteiger partial charge in [-0.2, -0.15) is 4.68 Å². The van der Waals surface area contributed by atoms with Crippen LogP contribution in [0.5, 0.6) is 0 Å². The minimum absolute atomic E-state index is 0.0139. The molecule has 1 heterocycles. The lowest BCUT2D eigenvalue weighted by Gasteiger charge is -2.20. The van der Waals surface area contributed by atoms with E-state index in [1.807, 2.05) is 18.2 Å². The van der Waals surface area contributed by atoms with Crippen molar-refractivity contribution >= 4 is 64.1 Å². The Labute approximate surface area is 286 Å². The lowest BCUT2D eigenvalue weighted by atomic mass is 9.87. The minimum Gasteiger partial charge on any atom is -0.478 e. The number of ether oxygens (including phenoxy) is 1. The fourth-order valence-corrected chi connectivity index (χ4v) is 5.18. The van der Waals surface area contributed by atoms with Crippen LogP contribution >= 0.6 is 35.0 Å². The van der Waals surface area contributed by atoms with Crippen LogP contribution in [0.2, 0.25) is 10.0 Å². The number of hydrogen-bond donors (Lipinski definition) is 3. The summed E-state index contributed by atoms with van der Waals surface area (Å²) in [4.78, 5) is 36.2. The first kappa shape index (κ1) is 35.4. The molecule has 3 aromatic carbocycles. The average Bonchev–Trinajstić information content (AvgIpc) is 3.47. The maximum Gasteiger partial charge on any atom is 0.335 e. The lowest BCUT2D eigenvalue weighted by molar-refractivity contribution is -0.123. The normalized spacial score (nSPS) is 11.4. The third-order valence-electron chi connectivity index (χ3n) is 6.52. The largest absolute Gasteiger partial charge is 0.478 e. The number of amides is 2. The number of carbonyl (C=O) groups excluding carboxylic acids is 2. The first-order valence-electron chi connectivity index (χ1n) is 14.2. The van der Waals surface area contributed by atoms with Gasteiger partial charge in [-0.15, -0.1) is 5.10 Å². The summed E-state index contributed by atoms with van der Waals surface area (Å²) >= 11 is 14.1. The molecule has 0 aliphatic rings. The van der Waals surface area contributed by atoms with Crippen molar-refractivity contribution in [3.05, 3.63) is 87.4 Å². The van der Waals surface area contributed by atoms with Crippen LogP contribution < -0.4 is 10.6 Å². The predicted molar refractivity (Wildman–Crippen MR) is 183 cm³/mol. The molecule has 0 atom stereocenters. The van der Waals surface area contributed by atoms with E-state index in [-0.39, 0.29) is 34.3 Å². The van der Waals surface area contributed by atoms with Gasteiger partial charge in [-0.25, -0.2) is 4.79 Å². The molecule has 2 amide bonds. The van der Waals surface area contributed by atoms with Gasteiger partial charge in [0.15, 0.2) is 0 Å². The standard InChI is InChI=1S/C33H32Cl2N6O5S/c1-32(2,3)22-10-12-27(25(35)17-22)41-31(38-39-40-41)47-19-29(43)37-26-11-9-20(15-24(26)34)13-14-33(4,5)46-18-28(42)36-23-8-6-7-21(16-23)30(44)45/h6-12,15-17H,18-19H2,1-5H3,(H,36,42)(H,37,43)(H,44,45). The van der Waals surface area contributed by atoms with Crippen molar-refractivity contribution in [1.82, 2.24) is 20.2 Å². The van der Waals surface area contributed by atoms with E-state index in [1.165, 1.54) is 22.9 Å². The molecular formula is C33H32Cl2N6O5S. The van der Waals surface area contributed by atoms with Gasteiger partial charge in [0.2, 0.25) is 17.0 Å². The summed E-state index contributed by atoms with van der Waals surface area (Å²) < 4.78 is 7.16. The Bertz CT molecular complexity index is 1880. The molecule has 0 saturated carbocycles. The van der Waals surface area contributed by atoms with Gasteiger partial charge in [0, 0.05) is 11.3 Å². The molecule has 0 aliphatic heterocycles. The predicted octanol–water partition coefficient (Wildman–Crippen LogP) is 6.48. The van der Waals surface area contributed by atoms with Crippen LogP contribution in [0.15, 0.2) is 65.8 Å². The first-order valence-corrected chi connectivity index (χ1v) is 16.0. The van der Waals surface area contributed by atoms with E-state index in [2.05, 4.69) is 58.8 Å². The molecule has 4 aromatic rings. The highest BCUT2D eigenvalue weighted by Crippen LogP contribution is 2.30. The third kappa shape index (κ3) is 10.0. The van der Waals surface area contributed by atoms with Crippen LogP contribution in [0.4, 0.5) is 11.4 Å². The quantitative estimate of drug-likeness (QED) is 0.125. The van der Waals surface area contributed by atoms with Crippen LogP contribution in [0, 0.1) is 11.8 Å². The van der Waals surface area contributed by atoms with Crippen molar-refractivity contribution < 1.29 is 24.2 Å². The van der Waals surface area contributed by atoms with E-state index >= 15 is 0 Å². The minimum atomic E-state index is -1.09. The molecule has 1 aromatic heterocycles. The summed E-state index contributed by atoms with van der Waals surface area (Å²) in [6, 6.07) is 16.6. The number of rotatable bonds is 10. The molecule has 0 saturated heterocycles. The smallest absolute Gasteiger partial charge is 0.335 e. The SMILES string of the molecule is CC(C)(C#Cc1ccc(NC(=O)CSc2nnnn2-c2ccc(C(C)(C)C)cc2Cl)c(Cl)c1)OCC(=O)Nc1cccc(C(=O)O)c1. The number of benzene rings is 3. The molecule has 4 rings (SSSR count). The Kier molecular flexibility index (Phi) is 11.3. The molecule has 14 heteroatoms. The Morgan fingerprint density at radius 3 is 2.40 bits per heavy atom. The molecule has 47 heavy (non-hydrogen) atoms. The number of thioether (sulfide) groups is 1. The van der Waals surface area contributed by atoms with Crippen molar-refractivity contribution in [3.63, 3.8) is 0 Å². The number of hydrogen-bond acceptors (Lipinski definition) is 8. The fraction of sp³-hybridized carbons (Fsp3) is 0.273. The number of halogens is 2. The Morgan fingerprint density at radius 1 is 0.957 bits per heavy atom.